The van der Waals surface area contributed by atoms with Gasteiger partial charge in [0.2, 0.25) is 0 Å². The molecule has 5 aliphatic rings. The minimum atomic E-state index is 0.575. The lowest BCUT2D eigenvalue weighted by molar-refractivity contribution is -0.112. The smallest absolute Gasteiger partial charge is 0.114 e. The van der Waals surface area contributed by atoms with Gasteiger partial charge in [-0.2, -0.15) is 0 Å². The summed E-state index contributed by atoms with van der Waals surface area (Å²) in [5.74, 6) is 4.85. The van der Waals surface area contributed by atoms with E-state index in [2.05, 4.69) is 52.9 Å². The second-order valence-corrected chi connectivity index (χ2v) is 11.2. The number of aromatic nitrogens is 2. The summed E-state index contributed by atoms with van der Waals surface area (Å²) >= 11 is 0. The van der Waals surface area contributed by atoms with Crippen molar-refractivity contribution in [2.45, 2.75) is 64.3 Å². The summed E-state index contributed by atoms with van der Waals surface area (Å²) in [6.45, 7) is 11.1. The third-order valence-electron chi connectivity index (χ3n) is 9.46. The highest BCUT2D eigenvalue weighted by atomic mass is 15.2. The van der Waals surface area contributed by atoms with Gasteiger partial charge in [-0.05, 0) is 80.4 Å². The van der Waals surface area contributed by atoms with Crippen LogP contribution in [0.1, 0.15) is 70.2 Å². The normalized spacial score (nSPS) is 34.3. The Morgan fingerprint density at radius 3 is 2.63 bits per heavy atom. The maximum absolute atomic E-state index is 5.12. The SMILES string of the molecule is CC1(C)[C@H]2CC[C@@H](CN3CCC(n4c(C5CCNC5)nc5ccccc54)CC3)[C@@H]1C2. The standard InChI is InChI=1S/C26H38N4/c1-26(2)20-8-7-19(22(26)15-20)17-29-13-10-21(11-14-29)30-24-6-4-3-5-23(24)28-25(30)18-9-12-27-16-18/h3-6,18-22,27H,7-17H2,1-2H3/t18?,19-,20-,22-/m0/s1. The Labute approximate surface area is 181 Å². The Morgan fingerprint density at radius 1 is 1.07 bits per heavy atom. The quantitative estimate of drug-likeness (QED) is 0.790. The number of benzene rings is 1. The average molecular weight is 407 g/mol. The molecule has 2 aliphatic heterocycles. The van der Waals surface area contributed by atoms with Crippen LogP contribution in [-0.4, -0.2) is 47.2 Å². The molecule has 1 aromatic carbocycles. The van der Waals surface area contributed by atoms with Crippen LogP contribution >= 0.6 is 0 Å². The lowest BCUT2D eigenvalue weighted by atomic mass is 9.45. The molecule has 0 amide bonds. The Hall–Kier alpha value is -1.39. The number of imidazole rings is 1. The van der Waals surface area contributed by atoms with Crippen molar-refractivity contribution in [2.24, 2.45) is 23.2 Å². The summed E-state index contributed by atoms with van der Waals surface area (Å²) < 4.78 is 2.64. The average Bonchev–Trinajstić information content (AvgIpc) is 3.42. The Balaban J connectivity index is 1.17. The molecule has 0 radical (unpaired) electrons. The highest BCUT2D eigenvalue weighted by Crippen LogP contribution is 2.61. The Kier molecular flexibility index (Phi) is 4.72. The molecule has 4 atom stereocenters. The Bertz CT molecular complexity index is 899. The summed E-state index contributed by atoms with van der Waals surface area (Å²) in [5.41, 5.74) is 3.15. The fourth-order valence-corrected chi connectivity index (χ4v) is 7.48. The zero-order valence-electron chi connectivity index (χ0n) is 18.8. The zero-order chi connectivity index (χ0) is 20.3. The molecule has 30 heavy (non-hydrogen) atoms. The molecular formula is C26H38N4. The van der Waals surface area contributed by atoms with Gasteiger partial charge in [-0.3, -0.25) is 0 Å². The topological polar surface area (TPSA) is 33.1 Å². The second-order valence-electron chi connectivity index (χ2n) is 11.2. The predicted octanol–water partition coefficient (Wildman–Crippen LogP) is 4.82. The lowest BCUT2D eigenvalue weighted by Gasteiger charge is -2.61. The maximum atomic E-state index is 5.12. The summed E-state index contributed by atoms with van der Waals surface area (Å²) in [7, 11) is 0. The van der Waals surface area contributed by atoms with Gasteiger partial charge in [0.05, 0.1) is 11.0 Å². The van der Waals surface area contributed by atoms with E-state index in [-0.39, 0.29) is 0 Å². The van der Waals surface area contributed by atoms with Crippen LogP contribution in [0.3, 0.4) is 0 Å². The van der Waals surface area contributed by atoms with Crippen molar-refractivity contribution in [3.8, 4) is 0 Å². The molecule has 1 unspecified atom stereocenters. The maximum Gasteiger partial charge on any atom is 0.114 e. The van der Waals surface area contributed by atoms with Gasteiger partial charge in [-0.15, -0.1) is 0 Å². The predicted molar refractivity (Wildman–Crippen MR) is 123 cm³/mol. The van der Waals surface area contributed by atoms with Gasteiger partial charge >= 0.3 is 0 Å². The molecule has 3 saturated carbocycles. The number of piperidine rings is 1. The van der Waals surface area contributed by atoms with Gasteiger partial charge in [-0.25, -0.2) is 4.98 Å². The van der Waals surface area contributed by atoms with Gasteiger partial charge < -0.3 is 14.8 Å². The van der Waals surface area contributed by atoms with Gasteiger partial charge in [0.25, 0.3) is 0 Å². The van der Waals surface area contributed by atoms with Crippen LogP contribution in [-0.2, 0) is 0 Å². The largest absolute Gasteiger partial charge is 0.324 e. The van der Waals surface area contributed by atoms with Crippen molar-refractivity contribution in [2.75, 3.05) is 32.7 Å². The Morgan fingerprint density at radius 2 is 1.90 bits per heavy atom. The van der Waals surface area contributed by atoms with E-state index in [9.17, 15) is 0 Å². The first-order valence-electron chi connectivity index (χ1n) is 12.5. The number of rotatable bonds is 4. The molecule has 2 bridgehead atoms. The van der Waals surface area contributed by atoms with Gasteiger partial charge in [0.1, 0.15) is 5.82 Å². The van der Waals surface area contributed by atoms with Crippen molar-refractivity contribution in [3.63, 3.8) is 0 Å². The number of likely N-dealkylation sites (tertiary alicyclic amines) is 1. The molecule has 162 valence electrons. The molecule has 2 aromatic rings. The highest BCUT2D eigenvalue weighted by molar-refractivity contribution is 5.76. The van der Waals surface area contributed by atoms with Crippen LogP contribution in [0.5, 0.6) is 0 Å². The van der Waals surface area contributed by atoms with Crippen LogP contribution in [0.15, 0.2) is 24.3 Å². The first-order valence-corrected chi connectivity index (χ1v) is 12.5. The molecular weight excluding hydrogens is 368 g/mol. The van der Waals surface area contributed by atoms with Crippen LogP contribution in [0.4, 0.5) is 0 Å². The number of nitrogens with one attached hydrogen (secondary N) is 1. The molecule has 5 fully saturated rings. The number of fused-ring (bicyclic) bond motifs is 3. The molecule has 1 aromatic heterocycles. The summed E-state index contributed by atoms with van der Waals surface area (Å²) in [4.78, 5) is 7.92. The summed E-state index contributed by atoms with van der Waals surface area (Å²) in [6, 6.07) is 9.42. The van der Waals surface area contributed by atoms with Crippen LogP contribution in [0, 0.1) is 23.2 Å². The van der Waals surface area contributed by atoms with Crippen LogP contribution < -0.4 is 5.32 Å². The number of nitrogens with zero attached hydrogens (tertiary/aromatic N) is 3. The highest BCUT2D eigenvalue weighted by Gasteiger charge is 2.54. The fourth-order valence-electron chi connectivity index (χ4n) is 7.48. The van der Waals surface area contributed by atoms with Crippen LogP contribution in [0.25, 0.3) is 11.0 Å². The molecule has 3 heterocycles. The van der Waals surface area contributed by atoms with Crippen molar-refractivity contribution in [3.05, 3.63) is 30.1 Å². The van der Waals surface area contributed by atoms with Crippen molar-refractivity contribution >= 4 is 11.0 Å². The van der Waals surface area contributed by atoms with Crippen molar-refractivity contribution in [1.29, 1.82) is 0 Å². The monoisotopic (exact) mass is 406 g/mol. The van der Waals surface area contributed by atoms with Gasteiger partial charge in [-0.1, -0.05) is 26.0 Å². The van der Waals surface area contributed by atoms with E-state index in [1.165, 1.54) is 75.0 Å². The summed E-state index contributed by atoms with van der Waals surface area (Å²) in [6.07, 6.45) is 8.23. The lowest BCUT2D eigenvalue weighted by Crippen LogP contribution is -2.55. The molecule has 7 rings (SSSR count). The van der Waals surface area contributed by atoms with E-state index in [0.29, 0.717) is 17.4 Å². The second kappa shape index (κ2) is 7.34. The van der Waals surface area contributed by atoms with Crippen molar-refractivity contribution in [1.82, 2.24) is 19.8 Å². The van der Waals surface area contributed by atoms with Gasteiger partial charge in [0.15, 0.2) is 0 Å². The molecule has 0 spiro atoms. The molecule has 4 nitrogen and oxygen atoms in total. The van der Waals surface area contributed by atoms with Crippen LogP contribution in [0.2, 0.25) is 0 Å². The molecule has 2 saturated heterocycles. The van der Waals surface area contributed by atoms with E-state index in [1.807, 2.05) is 0 Å². The fraction of sp³-hybridized carbons (Fsp3) is 0.731. The third-order valence-corrected chi connectivity index (χ3v) is 9.46. The number of hydrogen-bond donors (Lipinski definition) is 1. The number of para-hydroxylation sites is 2. The van der Waals surface area contributed by atoms with E-state index in [4.69, 9.17) is 4.98 Å². The summed E-state index contributed by atoms with van der Waals surface area (Å²) in [5, 5.41) is 3.55. The van der Waals surface area contributed by atoms with E-state index < -0.39 is 0 Å². The number of hydrogen-bond acceptors (Lipinski definition) is 3. The molecule has 1 N–H and O–H groups in total. The third kappa shape index (κ3) is 3.05. The van der Waals surface area contributed by atoms with E-state index in [0.717, 1.165) is 30.8 Å². The molecule has 3 aliphatic carbocycles. The van der Waals surface area contributed by atoms with E-state index >= 15 is 0 Å². The first kappa shape index (κ1) is 19.3. The zero-order valence-corrected chi connectivity index (χ0v) is 18.8. The van der Waals surface area contributed by atoms with Crippen molar-refractivity contribution < 1.29 is 0 Å². The van der Waals surface area contributed by atoms with E-state index in [1.54, 1.807) is 0 Å². The minimum Gasteiger partial charge on any atom is -0.324 e. The first-order chi connectivity index (χ1) is 14.6. The molecule has 4 heteroatoms. The van der Waals surface area contributed by atoms with Gasteiger partial charge in [0, 0.05) is 38.1 Å². The minimum absolute atomic E-state index is 0.575.